The summed E-state index contributed by atoms with van der Waals surface area (Å²) in [6, 6.07) is 11.7. The lowest BCUT2D eigenvalue weighted by atomic mass is 10.0. The minimum atomic E-state index is -4.46. The second-order valence-corrected chi connectivity index (χ2v) is 4.35. The number of halogens is 3. The lowest BCUT2D eigenvalue weighted by Gasteiger charge is -2.11. The molecule has 0 heterocycles. The van der Waals surface area contributed by atoms with E-state index < -0.39 is 17.6 Å². The van der Waals surface area contributed by atoms with Gasteiger partial charge in [-0.2, -0.15) is 13.2 Å². The quantitative estimate of drug-likeness (QED) is 0.874. The molecule has 0 saturated carbocycles. The van der Waals surface area contributed by atoms with Crippen LogP contribution in [0.5, 0.6) is 0 Å². The van der Waals surface area contributed by atoms with Crippen LogP contribution >= 0.6 is 0 Å². The molecule has 20 heavy (non-hydrogen) atoms. The van der Waals surface area contributed by atoms with Crippen LogP contribution < -0.4 is 5.32 Å². The van der Waals surface area contributed by atoms with Crippen molar-refractivity contribution >= 4 is 11.6 Å². The van der Waals surface area contributed by atoms with E-state index in [-0.39, 0.29) is 5.56 Å². The van der Waals surface area contributed by atoms with Crippen molar-refractivity contribution in [1.29, 1.82) is 0 Å². The van der Waals surface area contributed by atoms with Crippen LogP contribution in [0.1, 0.15) is 21.5 Å². The fraction of sp³-hybridized carbons (Fsp3) is 0.133. The molecular weight excluding hydrogens is 267 g/mol. The van der Waals surface area contributed by atoms with Crippen LogP contribution in [0.4, 0.5) is 18.9 Å². The zero-order chi connectivity index (χ0) is 14.8. The number of carbonyl (C=O) groups is 1. The average molecular weight is 279 g/mol. The second kappa shape index (κ2) is 5.36. The van der Waals surface area contributed by atoms with Gasteiger partial charge in [0.15, 0.2) is 0 Å². The summed E-state index contributed by atoms with van der Waals surface area (Å²) in [7, 11) is 0. The first-order valence-electron chi connectivity index (χ1n) is 5.92. The number of carbonyl (C=O) groups excluding carboxylic acids is 1. The Morgan fingerprint density at radius 2 is 1.70 bits per heavy atom. The molecule has 2 aromatic rings. The molecule has 0 aromatic heterocycles. The number of hydrogen-bond donors (Lipinski definition) is 1. The first kappa shape index (κ1) is 14.1. The summed E-state index contributed by atoms with van der Waals surface area (Å²) in [5.74, 6) is -0.556. The highest BCUT2D eigenvalue weighted by Crippen LogP contribution is 2.30. The highest BCUT2D eigenvalue weighted by atomic mass is 19.4. The van der Waals surface area contributed by atoms with Gasteiger partial charge in [0, 0.05) is 11.3 Å². The summed E-state index contributed by atoms with van der Waals surface area (Å²) in [5.41, 5.74) is 0.214. The van der Waals surface area contributed by atoms with Crippen LogP contribution in [0.2, 0.25) is 0 Å². The van der Waals surface area contributed by atoms with E-state index in [1.165, 1.54) is 6.07 Å². The van der Waals surface area contributed by atoms with Crippen molar-refractivity contribution in [2.75, 3.05) is 5.32 Å². The molecule has 0 saturated heterocycles. The summed E-state index contributed by atoms with van der Waals surface area (Å²) < 4.78 is 38.0. The van der Waals surface area contributed by atoms with Crippen molar-refractivity contribution in [2.45, 2.75) is 13.1 Å². The van der Waals surface area contributed by atoms with E-state index in [9.17, 15) is 18.0 Å². The Bertz CT molecular complexity index is 621. The molecule has 2 nitrogen and oxygen atoms in total. The molecule has 1 N–H and O–H groups in total. The molecule has 0 atom stereocenters. The van der Waals surface area contributed by atoms with Gasteiger partial charge in [-0.1, -0.05) is 24.3 Å². The monoisotopic (exact) mass is 279 g/mol. The smallest absolute Gasteiger partial charge is 0.322 e. The highest BCUT2D eigenvalue weighted by molar-refractivity contribution is 6.05. The van der Waals surface area contributed by atoms with E-state index in [2.05, 4.69) is 5.32 Å². The van der Waals surface area contributed by atoms with Crippen molar-refractivity contribution in [3.05, 3.63) is 65.2 Å². The summed E-state index contributed by atoms with van der Waals surface area (Å²) in [6.07, 6.45) is -4.46. The number of para-hydroxylation sites is 1. The minimum Gasteiger partial charge on any atom is -0.322 e. The predicted molar refractivity (Wildman–Crippen MR) is 70.6 cm³/mol. The number of alkyl halides is 3. The Balaban J connectivity index is 2.30. The average Bonchev–Trinajstić information content (AvgIpc) is 2.39. The Morgan fingerprint density at radius 3 is 2.30 bits per heavy atom. The van der Waals surface area contributed by atoms with Gasteiger partial charge in [0.05, 0.1) is 5.56 Å². The predicted octanol–water partition coefficient (Wildman–Crippen LogP) is 4.27. The van der Waals surface area contributed by atoms with Gasteiger partial charge < -0.3 is 5.32 Å². The fourth-order valence-electron chi connectivity index (χ4n) is 1.76. The molecule has 1 amide bonds. The molecule has 0 radical (unpaired) electrons. The van der Waals surface area contributed by atoms with Gasteiger partial charge in [0.2, 0.25) is 0 Å². The van der Waals surface area contributed by atoms with Gasteiger partial charge in [0.25, 0.3) is 5.91 Å². The topological polar surface area (TPSA) is 29.1 Å². The molecule has 0 unspecified atom stereocenters. The molecular formula is C15H12F3NO. The Morgan fingerprint density at radius 1 is 1.05 bits per heavy atom. The van der Waals surface area contributed by atoms with E-state index in [0.717, 1.165) is 12.1 Å². The highest BCUT2D eigenvalue weighted by Gasteiger charge is 2.31. The SMILES string of the molecule is Cc1ccc(C(F)(F)F)cc1C(=O)Nc1ccccc1. The van der Waals surface area contributed by atoms with E-state index in [1.54, 1.807) is 37.3 Å². The number of nitrogens with one attached hydrogen (secondary N) is 1. The zero-order valence-corrected chi connectivity index (χ0v) is 10.7. The van der Waals surface area contributed by atoms with Crippen molar-refractivity contribution < 1.29 is 18.0 Å². The van der Waals surface area contributed by atoms with Crippen LogP contribution in [0.3, 0.4) is 0 Å². The number of aryl methyl sites for hydroxylation is 1. The molecule has 0 aliphatic rings. The molecule has 104 valence electrons. The molecule has 5 heteroatoms. The van der Waals surface area contributed by atoms with Gasteiger partial charge in [-0.25, -0.2) is 0 Å². The number of benzene rings is 2. The second-order valence-electron chi connectivity index (χ2n) is 4.35. The maximum Gasteiger partial charge on any atom is 0.416 e. The van der Waals surface area contributed by atoms with Crippen LogP contribution in [0.25, 0.3) is 0 Å². The number of amides is 1. The molecule has 0 fully saturated rings. The Labute approximate surface area is 114 Å². The molecule has 0 aliphatic carbocycles. The summed E-state index contributed by atoms with van der Waals surface area (Å²) in [4.78, 5) is 12.0. The van der Waals surface area contributed by atoms with Gasteiger partial charge in [0.1, 0.15) is 0 Å². The lowest BCUT2D eigenvalue weighted by molar-refractivity contribution is -0.137. The summed E-state index contributed by atoms with van der Waals surface area (Å²) in [6.45, 7) is 1.60. The number of anilines is 1. The van der Waals surface area contributed by atoms with Gasteiger partial charge >= 0.3 is 6.18 Å². The summed E-state index contributed by atoms with van der Waals surface area (Å²) >= 11 is 0. The van der Waals surface area contributed by atoms with Crippen molar-refractivity contribution in [2.24, 2.45) is 0 Å². The standard InChI is InChI=1S/C15H12F3NO/c1-10-7-8-11(15(16,17)18)9-13(10)14(20)19-12-5-3-2-4-6-12/h2-9H,1H3,(H,19,20). The fourth-order valence-corrected chi connectivity index (χ4v) is 1.76. The first-order chi connectivity index (χ1) is 9.38. The van der Waals surface area contributed by atoms with Crippen molar-refractivity contribution in [3.8, 4) is 0 Å². The maximum atomic E-state index is 12.7. The number of hydrogen-bond acceptors (Lipinski definition) is 1. The third kappa shape index (κ3) is 3.17. The van der Waals surface area contributed by atoms with Crippen LogP contribution in [-0.4, -0.2) is 5.91 Å². The van der Waals surface area contributed by atoms with Crippen molar-refractivity contribution in [3.63, 3.8) is 0 Å². The van der Waals surface area contributed by atoms with Crippen LogP contribution in [-0.2, 0) is 6.18 Å². The van der Waals surface area contributed by atoms with E-state index >= 15 is 0 Å². The Kier molecular flexibility index (Phi) is 3.79. The van der Waals surface area contributed by atoms with Crippen LogP contribution in [0, 0.1) is 6.92 Å². The van der Waals surface area contributed by atoms with Gasteiger partial charge in [-0.05, 0) is 36.8 Å². The van der Waals surface area contributed by atoms with Gasteiger partial charge in [-0.3, -0.25) is 4.79 Å². The molecule has 2 aromatic carbocycles. The molecule has 0 spiro atoms. The normalized spacial score (nSPS) is 11.2. The Hall–Kier alpha value is -2.30. The largest absolute Gasteiger partial charge is 0.416 e. The molecule has 0 bridgehead atoms. The van der Waals surface area contributed by atoms with Gasteiger partial charge in [-0.15, -0.1) is 0 Å². The molecule has 0 aliphatic heterocycles. The van der Waals surface area contributed by atoms with Crippen LogP contribution in [0.15, 0.2) is 48.5 Å². The van der Waals surface area contributed by atoms with E-state index in [4.69, 9.17) is 0 Å². The molecule has 2 rings (SSSR count). The minimum absolute atomic E-state index is 0.0173. The maximum absolute atomic E-state index is 12.7. The van der Waals surface area contributed by atoms with E-state index in [0.29, 0.717) is 11.3 Å². The summed E-state index contributed by atoms with van der Waals surface area (Å²) in [5, 5.41) is 2.57. The third-order valence-electron chi connectivity index (χ3n) is 2.84. The third-order valence-corrected chi connectivity index (χ3v) is 2.84. The van der Waals surface area contributed by atoms with Crippen molar-refractivity contribution in [1.82, 2.24) is 0 Å². The zero-order valence-electron chi connectivity index (χ0n) is 10.7. The lowest BCUT2D eigenvalue weighted by Crippen LogP contribution is -2.15. The first-order valence-corrected chi connectivity index (χ1v) is 5.92. The number of rotatable bonds is 2. The van der Waals surface area contributed by atoms with E-state index in [1.807, 2.05) is 0 Å².